The monoisotopic (exact) mass is 535 g/mol. The molecule has 0 aromatic heterocycles. The standard InChI is InChI=1S/C30H37N3O2S2/c1-22-18-20-25(21-19-22)37(34,35)29(24-14-8-5-9-15-24)28(23-12-6-4-7-13-23)32-30(36)31-26-16-10-11-17-27(26)33(2)3/h4-9,12-15,18-21,26-29H,10-11,16-17H2,1-3H3,(H2,31,32,36)/t26-,27-,28-,29-/m1/s1. The van der Waals surface area contributed by atoms with E-state index in [9.17, 15) is 8.42 Å². The molecule has 0 amide bonds. The molecule has 0 saturated heterocycles. The van der Waals surface area contributed by atoms with Gasteiger partial charge in [-0.05, 0) is 69.3 Å². The molecular weight excluding hydrogens is 498 g/mol. The van der Waals surface area contributed by atoms with Crippen LogP contribution in [-0.2, 0) is 9.84 Å². The third-order valence-corrected chi connectivity index (χ3v) is 9.65. The molecule has 1 aliphatic rings. The summed E-state index contributed by atoms with van der Waals surface area (Å²) in [6, 6.07) is 26.3. The Labute approximate surface area is 227 Å². The molecule has 2 N–H and O–H groups in total. The van der Waals surface area contributed by atoms with Gasteiger partial charge in [0.2, 0.25) is 0 Å². The third kappa shape index (κ3) is 6.58. The Bertz CT molecular complexity index is 1260. The highest BCUT2D eigenvalue weighted by atomic mass is 32.2. The Morgan fingerprint density at radius 2 is 1.43 bits per heavy atom. The van der Waals surface area contributed by atoms with Crippen molar-refractivity contribution < 1.29 is 8.42 Å². The number of sulfone groups is 1. The van der Waals surface area contributed by atoms with Crippen LogP contribution in [0.2, 0.25) is 0 Å². The molecule has 0 radical (unpaired) electrons. The van der Waals surface area contributed by atoms with Gasteiger partial charge < -0.3 is 15.5 Å². The number of hydrogen-bond acceptors (Lipinski definition) is 4. The zero-order valence-corrected chi connectivity index (χ0v) is 23.4. The van der Waals surface area contributed by atoms with Crippen molar-refractivity contribution in [1.29, 1.82) is 0 Å². The van der Waals surface area contributed by atoms with Crippen LogP contribution in [0.15, 0.2) is 89.8 Å². The van der Waals surface area contributed by atoms with E-state index in [0.717, 1.165) is 36.0 Å². The molecule has 0 bridgehead atoms. The highest BCUT2D eigenvalue weighted by Crippen LogP contribution is 2.39. The first-order valence-corrected chi connectivity index (χ1v) is 14.9. The van der Waals surface area contributed by atoms with E-state index >= 15 is 0 Å². The lowest BCUT2D eigenvalue weighted by Crippen LogP contribution is -2.54. The van der Waals surface area contributed by atoms with E-state index in [1.807, 2.05) is 79.7 Å². The normalized spacial score (nSPS) is 19.7. The summed E-state index contributed by atoms with van der Waals surface area (Å²) in [6.45, 7) is 1.95. The van der Waals surface area contributed by atoms with Crippen molar-refractivity contribution in [2.75, 3.05) is 14.1 Å². The van der Waals surface area contributed by atoms with Gasteiger partial charge in [0.15, 0.2) is 14.9 Å². The Hall–Kier alpha value is -2.74. The SMILES string of the molecule is Cc1ccc(S(=O)(=O)[C@H](c2ccccc2)[C@H](NC(=S)N[C@@H]2CCCC[C@H]2N(C)C)c2ccccc2)cc1. The summed E-state index contributed by atoms with van der Waals surface area (Å²) in [5, 5.41) is 6.59. The first-order chi connectivity index (χ1) is 17.8. The molecule has 4 atom stereocenters. The van der Waals surface area contributed by atoms with Crippen LogP contribution in [0.4, 0.5) is 0 Å². The fraction of sp³-hybridized carbons (Fsp3) is 0.367. The van der Waals surface area contributed by atoms with Crippen molar-refractivity contribution in [3.8, 4) is 0 Å². The number of nitrogens with one attached hydrogen (secondary N) is 2. The summed E-state index contributed by atoms with van der Waals surface area (Å²) < 4.78 is 28.5. The maximum absolute atomic E-state index is 14.3. The van der Waals surface area contributed by atoms with E-state index in [2.05, 4.69) is 29.6 Å². The van der Waals surface area contributed by atoms with Crippen LogP contribution in [0.5, 0.6) is 0 Å². The number of nitrogens with zero attached hydrogens (tertiary/aromatic N) is 1. The Balaban J connectivity index is 1.73. The van der Waals surface area contributed by atoms with Gasteiger partial charge in [0, 0.05) is 12.1 Å². The Morgan fingerprint density at radius 3 is 2.03 bits per heavy atom. The second-order valence-corrected chi connectivity index (χ2v) is 12.6. The minimum absolute atomic E-state index is 0.212. The minimum atomic E-state index is -3.78. The van der Waals surface area contributed by atoms with Gasteiger partial charge in [-0.1, -0.05) is 91.2 Å². The van der Waals surface area contributed by atoms with Crippen molar-refractivity contribution in [2.45, 2.75) is 60.9 Å². The summed E-state index contributed by atoms with van der Waals surface area (Å²) in [5.41, 5.74) is 2.60. The number of hydrogen-bond donors (Lipinski definition) is 2. The lowest BCUT2D eigenvalue weighted by atomic mass is 9.89. The third-order valence-electron chi connectivity index (χ3n) is 7.27. The van der Waals surface area contributed by atoms with Gasteiger partial charge in [-0.3, -0.25) is 0 Å². The molecule has 1 fully saturated rings. The minimum Gasteiger partial charge on any atom is -0.358 e. The first kappa shape index (κ1) is 27.3. The average Bonchev–Trinajstić information content (AvgIpc) is 2.90. The van der Waals surface area contributed by atoms with Crippen molar-refractivity contribution in [1.82, 2.24) is 15.5 Å². The zero-order chi connectivity index (χ0) is 26.4. The summed E-state index contributed by atoms with van der Waals surface area (Å²) >= 11 is 5.84. The van der Waals surface area contributed by atoms with Crippen LogP contribution in [0, 0.1) is 6.92 Å². The Kier molecular flexibility index (Phi) is 9.00. The molecule has 1 saturated carbocycles. The molecule has 0 aliphatic heterocycles. The van der Waals surface area contributed by atoms with E-state index in [4.69, 9.17) is 12.2 Å². The molecule has 0 unspecified atom stereocenters. The van der Waals surface area contributed by atoms with Crippen molar-refractivity contribution >= 4 is 27.2 Å². The van der Waals surface area contributed by atoms with Crippen molar-refractivity contribution in [3.05, 3.63) is 102 Å². The quantitative estimate of drug-likeness (QED) is 0.367. The van der Waals surface area contributed by atoms with Crippen LogP contribution >= 0.6 is 12.2 Å². The van der Waals surface area contributed by atoms with Crippen LogP contribution in [-0.4, -0.2) is 44.6 Å². The second-order valence-electron chi connectivity index (χ2n) is 10.1. The smallest absolute Gasteiger partial charge is 0.187 e. The summed E-state index contributed by atoms with van der Waals surface area (Å²) in [4.78, 5) is 2.55. The van der Waals surface area contributed by atoms with Gasteiger partial charge in [-0.15, -0.1) is 0 Å². The number of thiocarbonyl (C=S) groups is 1. The van der Waals surface area contributed by atoms with E-state index in [1.165, 1.54) is 6.42 Å². The first-order valence-electron chi connectivity index (χ1n) is 12.9. The molecular formula is C30H37N3O2S2. The molecule has 4 rings (SSSR count). The van der Waals surface area contributed by atoms with Crippen LogP contribution in [0.3, 0.4) is 0 Å². The van der Waals surface area contributed by atoms with Crippen LogP contribution in [0.25, 0.3) is 0 Å². The zero-order valence-electron chi connectivity index (χ0n) is 21.8. The van der Waals surface area contributed by atoms with Crippen LogP contribution < -0.4 is 10.6 Å². The largest absolute Gasteiger partial charge is 0.358 e. The van der Waals surface area contributed by atoms with Gasteiger partial charge in [0.25, 0.3) is 0 Å². The van der Waals surface area contributed by atoms with Gasteiger partial charge in [0.05, 0.1) is 10.9 Å². The predicted octanol–water partition coefficient (Wildman–Crippen LogP) is 5.59. The van der Waals surface area contributed by atoms with E-state index < -0.39 is 21.1 Å². The maximum atomic E-state index is 14.3. The fourth-order valence-corrected chi connectivity index (χ4v) is 7.50. The number of likely N-dealkylation sites (N-methyl/N-ethyl adjacent to an activating group) is 1. The molecule has 1 aliphatic carbocycles. The van der Waals surface area contributed by atoms with Gasteiger partial charge in [0.1, 0.15) is 5.25 Å². The number of benzene rings is 3. The topological polar surface area (TPSA) is 61.4 Å². The molecule has 5 nitrogen and oxygen atoms in total. The maximum Gasteiger partial charge on any atom is 0.187 e. The lowest BCUT2D eigenvalue weighted by Gasteiger charge is -2.38. The summed E-state index contributed by atoms with van der Waals surface area (Å²) in [6.07, 6.45) is 4.51. The predicted molar refractivity (Wildman–Crippen MR) is 155 cm³/mol. The van der Waals surface area contributed by atoms with Gasteiger partial charge in [-0.2, -0.15) is 0 Å². The summed E-state index contributed by atoms with van der Waals surface area (Å²) in [7, 11) is 0.430. The number of rotatable bonds is 8. The van der Waals surface area contributed by atoms with E-state index in [-0.39, 0.29) is 6.04 Å². The highest BCUT2D eigenvalue weighted by Gasteiger charge is 2.38. The molecule has 7 heteroatoms. The second kappa shape index (κ2) is 12.2. The Morgan fingerprint density at radius 1 is 0.865 bits per heavy atom. The molecule has 196 valence electrons. The molecule has 3 aromatic rings. The highest BCUT2D eigenvalue weighted by molar-refractivity contribution is 7.91. The molecule has 3 aromatic carbocycles. The van der Waals surface area contributed by atoms with Crippen LogP contribution in [0.1, 0.15) is 53.7 Å². The van der Waals surface area contributed by atoms with Crippen molar-refractivity contribution in [2.24, 2.45) is 0 Å². The van der Waals surface area contributed by atoms with E-state index in [1.54, 1.807) is 12.1 Å². The molecule has 0 heterocycles. The lowest BCUT2D eigenvalue weighted by molar-refractivity contribution is 0.189. The van der Waals surface area contributed by atoms with Crippen molar-refractivity contribution in [3.63, 3.8) is 0 Å². The fourth-order valence-electron chi connectivity index (χ4n) is 5.31. The van der Waals surface area contributed by atoms with Gasteiger partial charge in [-0.25, -0.2) is 8.42 Å². The molecule has 0 spiro atoms. The van der Waals surface area contributed by atoms with Gasteiger partial charge >= 0.3 is 0 Å². The van der Waals surface area contributed by atoms with E-state index in [0.29, 0.717) is 16.0 Å². The molecule has 37 heavy (non-hydrogen) atoms. The summed E-state index contributed by atoms with van der Waals surface area (Å²) in [5.74, 6) is 0. The average molecular weight is 536 g/mol. The number of aryl methyl sites for hydroxylation is 1.